The van der Waals surface area contributed by atoms with Crippen LogP contribution in [0.15, 0.2) is 30.5 Å². The highest BCUT2D eigenvalue weighted by Crippen LogP contribution is 2.20. The van der Waals surface area contributed by atoms with E-state index in [-0.39, 0.29) is 5.91 Å². The quantitative estimate of drug-likeness (QED) is 0.722. The number of unbranched alkanes of at least 4 members (excludes halogenated alkanes) is 1. The molecule has 126 valence electrons. The predicted octanol–water partition coefficient (Wildman–Crippen LogP) is 2.96. The van der Waals surface area contributed by atoms with Crippen LogP contribution in [0.2, 0.25) is 0 Å². The van der Waals surface area contributed by atoms with Gasteiger partial charge in [0.2, 0.25) is 5.91 Å². The van der Waals surface area contributed by atoms with E-state index in [1.165, 1.54) is 10.9 Å². The number of aromatic nitrogens is 1. The van der Waals surface area contributed by atoms with Gasteiger partial charge in [0.05, 0.1) is 6.42 Å². The number of para-hydroxylation sites is 1. The summed E-state index contributed by atoms with van der Waals surface area (Å²) in [5.74, 6) is 0.115. The van der Waals surface area contributed by atoms with Gasteiger partial charge in [0.15, 0.2) is 0 Å². The Morgan fingerprint density at radius 1 is 1.17 bits per heavy atom. The minimum absolute atomic E-state index is 0.115. The molecule has 2 rings (SSSR count). The number of aryl methyl sites for hydroxylation is 1. The smallest absolute Gasteiger partial charge is 0.224 e. The first kappa shape index (κ1) is 17.5. The maximum atomic E-state index is 12.1. The Morgan fingerprint density at radius 2 is 1.91 bits per heavy atom. The Bertz CT molecular complexity index is 629. The average Bonchev–Trinajstić information content (AvgIpc) is 2.87. The summed E-state index contributed by atoms with van der Waals surface area (Å²) in [5, 5.41) is 4.22. The van der Waals surface area contributed by atoms with E-state index in [4.69, 9.17) is 0 Å². The lowest BCUT2D eigenvalue weighted by molar-refractivity contribution is -0.120. The van der Waals surface area contributed by atoms with Crippen molar-refractivity contribution in [1.29, 1.82) is 0 Å². The Balaban J connectivity index is 1.76. The van der Waals surface area contributed by atoms with E-state index in [9.17, 15) is 4.79 Å². The zero-order chi connectivity index (χ0) is 16.7. The van der Waals surface area contributed by atoms with Crippen molar-refractivity contribution in [1.82, 2.24) is 14.8 Å². The van der Waals surface area contributed by atoms with Gasteiger partial charge in [0.25, 0.3) is 0 Å². The van der Waals surface area contributed by atoms with Crippen molar-refractivity contribution < 1.29 is 4.79 Å². The van der Waals surface area contributed by atoms with Crippen molar-refractivity contribution in [3.63, 3.8) is 0 Å². The number of carbonyl (C=O) groups excluding carboxylic acids is 1. The fourth-order valence-corrected chi connectivity index (χ4v) is 3.03. The predicted molar refractivity (Wildman–Crippen MR) is 96.7 cm³/mol. The second-order valence-corrected chi connectivity index (χ2v) is 6.04. The van der Waals surface area contributed by atoms with Crippen LogP contribution in [0.3, 0.4) is 0 Å². The van der Waals surface area contributed by atoms with Gasteiger partial charge in [-0.3, -0.25) is 4.79 Å². The second-order valence-electron chi connectivity index (χ2n) is 6.04. The number of hydrogen-bond acceptors (Lipinski definition) is 2. The highest BCUT2D eigenvalue weighted by atomic mass is 16.1. The summed E-state index contributed by atoms with van der Waals surface area (Å²) in [4.78, 5) is 14.6. The number of amides is 1. The second kappa shape index (κ2) is 8.73. The lowest BCUT2D eigenvalue weighted by Crippen LogP contribution is -2.28. The number of benzene rings is 1. The number of rotatable bonds is 9. The van der Waals surface area contributed by atoms with Gasteiger partial charge in [-0.25, -0.2) is 0 Å². The number of nitrogens with zero attached hydrogens (tertiary/aromatic N) is 2. The van der Waals surface area contributed by atoms with Crippen LogP contribution in [0.25, 0.3) is 10.9 Å². The number of nitrogens with one attached hydrogen (secondary N) is 1. The molecule has 0 saturated heterocycles. The first-order valence-electron chi connectivity index (χ1n) is 8.67. The molecule has 4 heteroatoms. The Labute approximate surface area is 139 Å². The van der Waals surface area contributed by atoms with Gasteiger partial charge < -0.3 is 14.8 Å². The third-order valence-electron chi connectivity index (χ3n) is 4.45. The molecular formula is C19H29N3O. The Kier molecular flexibility index (Phi) is 6.66. The van der Waals surface area contributed by atoms with E-state index < -0.39 is 0 Å². The molecule has 0 fully saturated rings. The van der Waals surface area contributed by atoms with E-state index >= 15 is 0 Å². The van der Waals surface area contributed by atoms with Crippen LogP contribution in [-0.4, -0.2) is 41.6 Å². The summed E-state index contributed by atoms with van der Waals surface area (Å²) in [7, 11) is 2.02. The molecule has 1 aromatic heterocycles. The summed E-state index contributed by atoms with van der Waals surface area (Å²) in [6.45, 7) is 8.47. The average molecular weight is 315 g/mol. The van der Waals surface area contributed by atoms with Crippen molar-refractivity contribution in [2.45, 2.75) is 33.1 Å². The van der Waals surface area contributed by atoms with Crippen molar-refractivity contribution in [3.8, 4) is 0 Å². The third kappa shape index (κ3) is 4.83. The number of carbonyl (C=O) groups is 1. The molecule has 2 aromatic rings. The van der Waals surface area contributed by atoms with Crippen LogP contribution in [0.1, 0.15) is 32.3 Å². The highest BCUT2D eigenvalue weighted by molar-refractivity contribution is 5.89. The Morgan fingerprint density at radius 3 is 2.65 bits per heavy atom. The van der Waals surface area contributed by atoms with Crippen molar-refractivity contribution in [2.24, 2.45) is 7.05 Å². The zero-order valence-electron chi connectivity index (χ0n) is 14.6. The summed E-state index contributed by atoms with van der Waals surface area (Å²) in [6.07, 6.45) is 4.69. The van der Waals surface area contributed by atoms with Crippen molar-refractivity contribution in [3.05, 3.63) is 36.0 Å². The molecule has 23 heavy (non-hydrogen) atoms. The maximum absolute atomic E-state index is 12.1. The first-order valence-corrected chi connectivity index (χ1v) is 8.67. The minimum atomic E-state index is 0.115. The molecule has 0 bridgehead atoms. The van der Waals surface area contributed by atoms with Crippen LogP contribution in [-0.2, 0) is 18.3 Å². The van der Waals surface area contributed by atoms with Gasteiger partial charge in [-0.15, -0.1) is 0 Å². The summed E-state index contributed by atoms with van der Waals surface area (Å²) >= 11 is 0. The largest absolute Gasteiger partial charge is 0.356 e. The SMILES string of the molecule is CCN(CC)CCCCNC(=O)Cc1cn(C)c2ccccc12. The zero-order valence-corrected chi connectivity index (χ0v) is 14.6. The molecule has 1 amide bonds. The number of hydrogen-bond donors (Lipinski definition) is 1. The molecule has 0 unspecified atom stereocenters. The van der Waals surface area contributed by atoms with E-state index in [2.05, 4.69) is 47.0 Å². The molecular weight excluding hydrogens is 286 g/mol. The van der Waals surface area contributed by atoms with E-state index in [1.54, 1.807) is 0 Å². The van der Waals surface area contributed by atoms with Crippen LogP contribution in [0, 0.1) is 0 Å². The molecule has 1 heterocycles. The Hall–Kier alpha value is -1.81. The first-order chi connectivity index (χ1) is 11.2. The minimum Gasteiger partial charge on any atom is -0.356 e. The molecule has 4 nitrogen and oxygen atoms in total. The van der Waals surface area contributed by atoms with Gasteiger partial charge >= 0.3 is 0 Å². The summed E-state index contributed by atoms with van der Waals surface area (Å²) < 4.78 is 2.09. The van der Waals surface area contributed by atoms with Crippen LogP contribution in [0.5, 0.6) is 0 Å². The molecule has 0 spiro atoms. The molecule has 0 aliphatic heterocycles. The summed E-state index contributed by atoms with van der Waals surface area (Å²) in [6, 6.07) is 8.23. The lowest BCUT2D eigenvalue weighted by Gasteiger charge is -2.17. The standard InChI is InChI=1S/C19H29N3O/c1-4-22(5-2)13-9-8-12-20-19(23)14-16-15-21(3)18-11-7-6-10-17(16)18/h6-7,10-11,15H,4-5,8-9,12-14H2,1-3H3,(H,20,23). The topological polar surface area (TPSA) is 37.3 Å². The van der Waals surface area contributed by atoms with Crippen molar-refractivity contribution >= 4 is 16.8 Å². The highest BCUT2D eigenvalue weighted by Gasteiger charge is 2.10. The molecule has 0 radical (unpaired) electrons. The third-order valence-corrected chi connectivity index (χ3v) is 4.45. The van der Waals surface area contributed by atoms with Gasteiger partial charge in [-0.2, -0.15) is 0 Å². The lowest BCUT2D eigenvalue weighted by atomic mass is 10.1. The van der Waals surface area contributed by atoms with Crippen molar-refractivity contribution in [2.75, 3.05) is 26.2 Å². The van der Waals surface area contributed by atoms with Crippen LogP contribution in [0.4, 0.5) is 0 Å². The monoisotopic (exact) mass is 315 g/mol. The summed E-state index contributed by atoms with van der Waals surface area (Å²) in [5.41, 5.74) is 2.28. The van der Waals surface area contributed by atoms with Crippen LogP contribution >= 0.6 is 0 Å². The molecule has 0 atom stereocenters. The van der Waals surface area contributed by atoms with Gasteiger partial charge in [-0.1, -0.05) is 32.0 Å². The normalized spacial score (nSPS) is 11.3. The molecule has 1 N–H and O–H groups in total. The molecule has 0 aliphatic carbocycles. The van der Waals surface area contributed by atoms with E-state index in [1.807, 2.05) is 19.2 Å². The fraction of sp³-hybridized carbons (Fsp3) is 0.526. The maximum Gasteiger partial charge on any atom is 0.224 e. The molecule has 0 saturated carbocycles. The van der Waals surface area contributed by atoms with Gasteiger partial charge in [-0.05, 0) is 44.1 Å². The van der Waals surface area contributed by atoms with E-state index in [0.717, 1.165) is 44.6 Å². The fourth-order valence-electron chi connectivity index (χ4n) is 3.03. The number of fused-ring (bicyclic) bond motifs is 1. The van der Waals surface area contributed by atoms with E-state index in [0.29, 0.717) is 6.42 Å². The van der Waals surface area contributed by atoms with Crippen LogP contribution < -0.4 is 5.32 Å². The van der Waals surface area contributed by atoms with Gasteiger partial charge in [0.1, 0.15) is 0 Å². The van der Waals surface area contributed by atoms with Gasteiger partial charge in [0, 0.05) is 30.7 Å². The molecule has 1 aromatic carbocycles. The molecule has 0 aliphatic rings.